The zero-order chi connectivity index (χ0) is 20.9. The molecule has 2 heterocycles. The second kappa shape index (κ2) is 9.63. The van der Waals surface area contributed by atoms with Gasteiger partial charge in [-0.3, -0.25) is 14.5 Å². The molecule has 1 atom stereocenters. The van der Waals surface area contributed by atoms with Crippen LogP contribution in [0.25, 0.3) is 0 Å². The Hall–Kier alpha value is -2.37. The van der Waals surface area contributed by atoms with Gasteiger partial charge in [-0.25, -0.2) is 0 Å². The van der Waals surface area contributed by atoms with Gasteiger partial charge in [-0.15, -0.1) is 0 Å². The highest BCUT2D eigenvalue weighted by atomic mass is 35.5. The van der Waals surface area contributed by atoms with E-state index < -0.39 is 0 Å². The quantitative estimate of drug-likeness (QED) is 0.771. The molecule has 2 aliphatic rings. The van der Waals surface area contributed by atoms with Crippen LogP contribution in [0.1, 0.15) is 30.4 Å². The van der Waals surface area contributed by atoms with Crippen molar-refractivity contribution in [3.8, 4) is 0 Å². The van der Waals surface area contributed by atoms with Crippen LogP contribution >= 0.6 is 11.6 Å². The first-order valence-corrected chi connectivity index (χ1v) is 11.0. The predicted octanol–water partition coefficient (Wildman–Crippen LogP) is 3.47. The number of hydrogen-bond donors (Lipinski definition) is 1. The van der Waals surface area contributed by atoms with Crippen LogP contribution in [0.2, 0.25) is 5.02 Å². The van der Waals surface area contributed by atoms with Crippen LogP contribution in [-0.2, 0) is 22.7 Å². The fourth-order valence-electron chi connectivity index (χ4n) is 4.33. The maximum Gasteiger partial charge on any atom is 0.225 e. The molecular weight excluding hydrogens is 398 g/mol. The molecule has 5 nitrogen and oxygen atoms in total. The molecule has 158 valence electrons. The van der Waals surface area contributed by atoms with Crippen molar-refractivity contribution in [1.82, 2.24) is 15.1 Å². The molecule has 2 aromatic carbocycles. The summed E-state index contributed by atoms with van der Waals surface area (Å²) in [6, 6.07) is 18.2. The molecule has 2 aliphatic heterocycles. The Kier molecular flexibility index (Phi) is 6.70. The zero-order valence-corrected chi connectivity index (χ0v) is 17.9. The van der Waals surface area contributed by atoms with Crippen molar-refractivity contribution in [3.63, 3.8) is 0 Å². The Balaban J connectivity index is 1.24. The Labute approximate surface area is 183 Å². The number of benzene rings is 2. The first-order valence-electron chi connectivity index (χ1n) is 10.7. The van der Waals surface area contributed by atoms with E-state index in [0.29, 0.717) is 18.1 Å². The van der Waals surface area contributed by atoms with Crippen LogP contribution in [0.4, 0.5) is 0 Å². The molecule has 30 heavy (non-hydrogen) atoms. The van der Waals surface area contributed by atoms with Gasteiger partial charge in [-0.2, -0.15) is 0 Å². The summed E-state index contributed by atoms with van der Waals surface area (Å²) in [4.78, 5) is 29.4. The number of likely N-dealkylation sites (tertiary alicyclic amines) is 2. The smallest absolute Gasteiger partial charge is 0.225 e. The minimum Gasteiger partial charge on any atom is -0.353 e. The molecule has 6 heteroatoms. The topological polar surface area (TPSA) is 52.7 Å². The van der Waals surface area contributed by atoms with Gasteiger partial charge in [0, 0.05) is 50.2 Å². The van der Waals surface area contributed by atoms with Gasteiger partial charge in [-0.1, -0.05) is 60.1 Å². The van der Waals surface area contributed by atoms with Crippen LogP contribution in [0, 0.1) is 5.92 Å². The number of nitrogens with zero attached hydrogens (tertiary/aromatic N) is 2. The second-order valence-electron chi connectivity index (χ2n) is 8.31. The lowest BCUT2D eigenvalue weighted by molar-refractivity contribution is -0.129. The summed E-state index contributed by atoms with van der Waals surface area (Å²) in [6.45, 7) is 3.82. The summed E-state index contributed by atoms with van der Waals surface area (Å²) in [5.74, 6) is -0.249. The maximum atomic E-state index is 12.8. The Morgan fingerprint density at radius 3 is 2.43 bits per heavy atom. The lowest BCUT2D eigenvalue weighted by atomic mass is 10.0. The fraction of sp³-hybridized carbons (Fsp3) is 0.417. The zero-order valence-electron chi connectivity index (χ0n) is 17.1. The molecule has 0 saturated carbocycles. The molecule has 1 N–H and O–H groups in total. The first kappa shape index (κ1) is 20.9. The second-order valence-corrected chi connectivity index (χ2v) is 8.72. The van der Waals surface area contributed by atoms with Gasteiger partial charge in [0.05, 0.1) is 5.92 Å². The third kappa shape index (κ3) is 5.21. The normalized spacial score (nSPS) is 20.5. The van der Waals surface area contributed by atoms with Gasteiger partial charge in [0.15, 0.2) is 0 Å². The average molecular weight is 426 g/mol. The molecule has 0 aromatic heterocycles. The summed E-state index contributed by atoms with van der Waals surface area (Å²) in [5, 5.41) is 3.84. The fourth-order valence-corrected chi connectivity index (χ4v) is 4.52. The number of carbonyl (C=O) groups is 2. The van der Waals surface area contributed by atoms with Gasteiger partial charge in [0.25, 0.3) is 0 Å². The number of carbonyl (C=O) groups excluding carboxylic acids is 2. The van der Waals surface area contributed by atoms with Crippen molar-refractivity contribution in [2.75, 3.05) is 19.6 Å². The minimum absolute atomic E-state index is 0.00604. The molecule has 0 bridgehead atoms. The number of hydrogen-bond acceptors (Lipinski definition) is 3. The van der Waals surface area contributed by atoms with E-state index in [-0.39, 0.29) is 30.2 Å². The third-order valence-electron chi connectivity index (χ3n) is 6.09. The lowest BCUT2D eigenvalue weighted by Gasteiger charge is -2.32. The van der Waals surface area contributed by atoms with Crippen molar-refractivity contribution in [3.05, 3.63) is 70.7 Å². The van der Waals surface area contributed by atoms with E-state index in [4.69, 9.17) is 11.6 Å². The van der Waals surface area contributed by atoms with E-state index in [2.05, 4.69) is 34.5 Å². The van der Waals surface area contributed by atoms with E-state index in [0.717, 1.165) is 38.0 Å². The van der Waals surface area contributed by atoms with E-state index in [9.17, 15) is 9.59 Å². The van der Waals surface area contributed by atoms with E-state index in [1.54, 1.807) is 4.90 Å². The molecule has 0 radical (unpaired) electrons. The van der Waals surface area contributed by atoms with Crippen LogP contribution in [0.15, 0.2) is 54.6 Å². The van der Waals surface area contributed by atoms with Crippen molar-refractivity contribution in [2.45, 2.75) is 38.4 Å². The molecular formula is C24H28ClN3O2. The summed E-state index contributed by atoms with van der Waals surface area (Å²) in [7, 11) is 0. The van der Waals surface area contributed by atoms with Crippen molar-refractivity contribution >= 4 is 23.4 Å². The summed E-state index contributed by atoms with van der Waals surface area (Å²) in [6.07, 6.45) is 2.17. The highest BCUT2D eigenvalue weighted by Gasteiger charge is 2.35. The average Bonchev–Trinajstić information content (AvgIpc) is 3.12. The number of rotatable bonds is 6. The van der Waals surface area contributed by atoms with Crippen molar-refractivity contribution in [2.24, 2.45) is 5.92 Å². The molecule has 2 saturated heterocycles. The van der Waals surface area contributed by atoms with Crippen LogP contribution in [-0.4, -0.2) is 47.3 Å². The van der Waals surface area contributed by atoms with E-state index in [1.807, 2.05) is 30.3 Å². The van der Waals surface area contributed by atoms with E-state index >= 15 is 0 Å². The van der Waals surface area contributed by atoms with Crippen LogP contribution < -0.4 is 5.32 Å². The summed E-state index contributed by atoms with van der Waals surface area (Å²) < 4.78 is 0. The Bertz CT molecular complexity index is 881. The highest BCUT2D eigenvalue weighted by molar-refractivity contribution is 6.31. The number of nitrogens with one attached hydrogen (secondary N) is 1. The molecule has 2 fully saturated rings. The van der Waals surface area contributed by atoms with Crippen LogP contribution in [0.3, 0.4) is 0 Å². The first-order chi connectivity index (χ1) is 14.6. The molecule has 0 aliphatic carbocycles. The van der Waals surface area contributed by atoms with Gasteiger partial charge in [0.2, 0.25) is 11.8 Å². The van der Waals surface area contributed by atoms with Gasteiger partial charge >= 0.3 is 0 Å². The molecule has 0 spiro atoms. The maximum absolute atomic E-state index is 12.8. The predicted molar refractivity (Wildman–Crippen MR) is 118 cm³/mol. The number of amides is 2. The lowest BCUT2D eigenvalue weighted by Crippen LogP contribution is -2.46. The van der Waals surface area contributed by atoms with Crippen LogP contribution in [0.5, 0.6) is 0 Å². The van der Waals surface area contributed by atoms with E-state index in [1.165, 1.54) is 5.56 Å². The van der Waals surface area contributed by atoms with Gasteiger partial charge < -0.3 is 10.2 Å². The Morgan fingerprint density at radius 1 is 1.00 bits per heavy atom. The SMILES string of the molecule is O=C(NC1CCN(Cc2ccccc2)CC1)[C@H]1CC(=O)N(Cc2ccccc2Cl)C1. The highest BCUT2D eigenvalue weighted by Crippen LogP contribution is 2.24. The Morgan fingerprint density at radius 2 is 1.70 bits per heavy atom. The summed E-state index contributed by atoms with van der Waals surface area (Å²) in [5.41, 5.74) is 2.24. The molecule has 0 unspecified atom stereocenters. The molecule has 2 amide bonds. The number of piperidine rings is 1. The largest absolute Gasteiger partial charge is 0.353 e. The standard InChI is InChI=1S/C24H28ClN3O2/c25-22-9-5-4-8-19(22)16-28-17-20(14-23(28)29)24(30)26-21-10-12-27(13-11-21)15-18-6-2-1-3-7-18/h1-9,20-21H,10-17H2,(H,26,30)/t20-/m0/s1. The van der Waals surface area contributed by atoms with Crippen molar-refractivity contribution in [1.29, 1.82) is 0 Å². The molecule has 4 rings (SSSR count). The summed E-state index contributed by atoms with van der Waals surface area (Å²) >= 11 is 6.22. The molecule has 2 aromatic rings. The monoisotopic (exact) mass is 425 g/mol. The van der Waals surface area contributed by atoms with Gasteiger partial charge in [-0.05, 0) is 30.0 Å². The third-order valence-corrected chi connectivity index (χ3v) is 6.46. The minimum atomic E-state index is -0.276. The number of halogens is 1. The van der Waals surface area contributed by atoms with Gasteiger partial charge in [0.1, 0.15) is 0 Å². The van der Waals surface area contributed by atoms with Crippen molar-refractivity contribution < 1.29 is 9.59 Å².